The number of hydrogen-bond acceptors (Lipinski definition) is 2. The lowest BCUT2D eigenvalue weighted by atomic mass is 10.1. The second-order valence-electron chi connectivity index (χ2n) is 5.94. The molecule has 0 aliphatic rings. The van der Waals surface area contributed by atoms with Gasteiger partial charge in [0.1, 0.15) is 0 Å². The van der Waals surface area contributed by atoms with Crippen LogP contribution in [0.15, 0.2) is 48.5 Å². The highest BCUT2D eigenvalue weighted by molar-refractivity contribution is 6.31. The van der Waals surface area contributed by atoms with Gasteiger partial charge in [-0.25, -0.2) is 0 Å². The van der Waals surface area contributed by atoms with Crippen LogP contribution < -0.4 is 0 Å². The predicted octanol–water partition coefficient (Wildman–Crippen LogP) is 3.74. The Morgan fingerprint density at radius 2 is 1.57 bits per heavy atom. The molecule has 0 saturated carbocycles. The molecular formula is C19H23ClN2O. The molecule has 2 rings (SSSR count). The van der Waals surface area contributed by atoms with E-state index in [2.05, 4.69) is 19.1 Å². The standard InChI is InChI=1S/C19H23ClN2O/c1-15-8-4-5-9-16(15)13-22(3)19(23)14-21(2)12-17-10-6-7-11-18(17)20/h4-11H,12-14H2,1-3H3. The van der Waals surface area contributed by atoms with Gasteiger partial charge < -0.3 is 4.90 Å². The number of rotatable bonds is 6. The zero-order valence-corrected chi connectivity index (χ0v) is 14.7. The quantitative estimate of drug-likeness (QED) is 0.805. The van der Waals surface area contributed by atoms with Crippen molar-refractivity contribution in [3.05, 3.63) is 70.2 Å². The van der Waals surface area contributed by atoms with Crippen molar-refractivity contribution < 1.29 is 4.79 Å². The summed E-state index contributed by atoms with van der Waals surface area (Å²) in [5.41, 5.74) is 3.42. The van der Waals surface area contributed by atoms with Gasteiger partial charge in [0, 0.05) is 25.2 Å². The van der Waals surface area contributed by atoms with Crippen molar-refractivity contribution >= 4 is 17.5 Å². The molecule has 0 heterocycles. The second kappa shape index (κ2) is 8.14. The lowest BCUT2D eigenvalue weighted by Crippen LogP contribution is -2.36. The maximum absolute atomic E-state index is 12.4. The molecule has 0 N–H and O–H groups in total. The molecule has 0 aliphatic heterocycles. The lowest BCUT2D eigenvalue weighted by Gasteiger charge is -2.23. The van der Waals surface area contributed by atoms with Gasteiger partial charge >= 0.3 is 0 Å². The van der Waals surface area contributed by atoms with Crippen molar-refractivity contribution in [2.75, 3.05) is 20.6 Å². The summed E-state index contributed by atoms with van der Waals surface area (Å²) >= 11 is 6.17. The number of aryl methyl sites for hydroxylation is 1. The second-order valence-corrected chi connectivity index (χ2v) is 6.35. The number of nitrogens with zero attached hydrogens (tertiary/aromatic N) is 2. The van der Waals surface area contributed by atoms with E-state index >= 15 is 0 Å². The minimum absolute atomic E-state index is 0.0998. The Kier molecular flexibility index (Phi) is 6.20. The van der Waals surface area contributed by atoms with E-state index in [1.165, 1.54) is 11.1 Å². The molecule has 3 nitrogen and oxygen atoms in total. The SMILES string of the molecule is Cc1ccccc1CN(C)C(=O)CN(C)Cc1ccccc1Cl. The van der Waals surface area contributed by atoms with Crippen LogP contribution >= 0.6 is 11.6 Å². The molecule has 4 heteroatoms. The molecule has 2 aromatic carbocycles. The monoisotopic (exact) mass is 330 g/mol. The van der Waals surface area contributed by atoms with Crippen LogP contribution in [0.1, 0.15) is 16.7 Å². The van der Waals surface area contributed by atoms with Crippen molar-refractivity contribution in [1.29, 1.82) is 0 Å². The maximum Gasteiger partial charge on any atom is 0.236 e. The molecule has 0 fully saturated rings. The van der Waals surface area contributed by atoms with Crippen LogP contribution in [-0.4, -0.2) is 36.3 Å². The van der Waals surface area contributed by atoms with Gasteiger partial charge in [-0.15, -0.1) is 0 Å². The summed E-state index contributed by atoms with van der Waals surface area (Å²) < 4.78 is 0. The van der Waals surface area contributed by atoms with Gasteiger partial charge in [0.2, 0.25) is 5.91 Å². The largest absolute Gasteiger partial charge is 0.340 e. The van der Waals surface area contributed by atoms with Gasteiger partial charge in [-0.3, -0.25) is 9.69 Å². The summed E-state index contributed by atoms with van der Waals surface area (Å²) in [5.74, 6) is 0.0998. The summed E-state index contributed by atoms with van der Waals surface area (Å²) in [5, 5.41) is 0.736. The maximum atomic E-state index is 12.4. The Labute approximate surface area is 143 Å². The van der Waals surface area contributed by atoms with Gasteiger partial charge in [0.15, 0.2) is 0 Å². The fraction of sp³-hybridized carbons (Fsp3) is 0.316. The van der Waals surface area contributed by atoms with E-state index in [-0.39, 0.29) is 5.91 Å². The summed E-state index contributed by atoms with van der Waals surface area (Å²) in [6, 6.07) is 15.9. The molecule has 0 aliphatic carbocycles. The average molecular weight is 331 g/mol. The van der Waals surface area contributed by atoms with Crippen LogP contribution in [-0.2, 0) is 17.9 Å². The van der Waals surface area contributed by atoms with Gasteiger partial charge in [0.05, 0.1) is 6.54 Å². The van der Waals surface area contributed by atoms with Crippen molar-refractivity contribution in [1.82, 2.24) is 9.80 Å². The number of hydrogen-bond donors (Lipinski definition) is 0. The minimum Gasteiger partial charge on any atom is -0.340 e. The van der Waals surface area contributed by atoms with E-state index in [0.717, 1.165) is 10.6 Å². The van der Waals surface area contributed by atoms with Gasteiger partial charge in [-0.05, 0) is 36.7 Å². The highest BCUT2D eigenvalue weighted by Crippen LogP contribution is 2.16. The van der Waals surface area contributed by atoms with E-state index in [4.69, 9.17) is 11.6 Å². The number of amides is 1. The van der Waals surface area contributed by atoms with Crippen LogP contribution in [0.4, 0.5) is 0 Å². The Balaban J connectivity index is 1.90. The molecule has 1 amide bonds. The van der Waals surface area contributed by atoms with Crippen LogP contribution in [0.3, 0.4) is 0 Å². The molecule has 122 valence electrons. The van der Waals surface area contributed by atoms with E-state index in [9.17, 15) is 4.79 Å². The van der Waals surface area contributed by atoms with Gasteiger partial charge in [-0.1, -0.05) is 54.1 Å². The van der Waals surface area contributed by atoms with Crippen LogP contribution in [0.25, 0.3) is 0 Å². The van der Waals surface area contributed by atoms with E-state index in [1.807, 2.05) is 55.4 Å². The molecule has 0 saturated heterocycles. The van der Waals surface area contributed by atoms with Gasteiger partial charge in [0.25, 0.3) is 0 Å². The van der Waals surface area contributed by atoms with Crippen LogP contribution in [0, 0.1) is 6.92 Å². The van der Waals surface area contributed by atoms with Crippen molar-refractivity contribution in [3.8, 4) is 0 Å². The smallest absolute Gasteiger partial charge is 0.236 e. The minimum atomic E-state index is 0.0998. The highest BCUT2D eigenvalue weighted by atomic mass is 35.5. The third-order valence-corrected chi connectivity index (χ3v) is 4.27. The summed E-state index contributed by atoms with van der Waals surface area (Å²) in [6.45, 7) is 3.72. The normalized spacial score (nSPS) is 10.8. The number of carbonyl (C=O) groups is 1. The average Bonchev–Trinajstić information content (AvgIpc) is 2.51. The number of carbonyl (C=O) groups excluding carboxylic acids is 1. The van der Waals surface area contributed by atoms with E-state index < -0.39 is 0 Å². The molecule has 0 atom stereocenters. The van der Waals surface area contributed by atoms with Gasteiger partial charge in [-0.2, -0.15) is 0 Å². The Hall–Kier alpha value is -1.84. The molecule has 2 aromatic rings. The van der Waals surface area contributed by atoms with Crippen LogP contribution in [0.5, 0.6) is 0 Å². The Morgan fingerprint density at radius 3 is 2.22 bits per heavy atom. The first kappa shape index (κ1) is 17.5. The number of halogens is 1. The predicted molar refractivity (Wildman–Crippen MR) is 95.4 cm³/mol. The first-order valence-corrected chi connectivity index (χ1v) is 8.05. The number of benzene rings is 2. The van der Waals surface area contributed by atoms with Crippen molar-refractivity contribution in [2.24, 2.45) is 0 Å². The highest BCUT2D eigenvalue weighted by Gasteiger charge is 2.13. The molecule has 0 aromatic heterocycles. The van der Waals surface area contributed by atoms with E-state index in [0.29, 0.717) is 19.6 Å². The summed E-state index contributed by atoms with van der Waals surface area (Å²) in [4.78, 5) is 16.1. The molecule has 0 bridgehead atoms. The zero-order valence-electron chi connectivity index (χ0n) is 13.9. The summed E-state index contributed by atoms with van der Waals surface area (Å²) in [6.07, 6.45) is 0. The third-order valence-electron chi connectivity index (χ3n) is 3.90. The molecule has 0 unspecified atom stereocenters. The third kappa shape index (κ3) is 5.08. The van der Waals surface area contributed by atoms with Crippen LogP contribution in [0.2, 0.25) is 5.02 Å². The summed E-state index contributed by atoms with van der Waals surface area (Å²) in [7, 11) is 3.78. The Bertz CT molecular complexity index is 672. The molecule has 0 spiro atoms. The van der Waals surface area contributed by atoms with E-state index in [1.54, 1.807) is 4.90 Å². The van der Waals surface area contributed by atoms with Crippen molar-refractivity contribution in [3.63, 3.8) is 0 Å². The zero-order chi connectivity index (χ0) is 16.8. The fourth-order valence-electron chi connectivity index (χ4n) is 2.46. The lowest BCUT2D eigenvalue weighted by molar-refractivity contribution is -0.131. The first-order valence-electron chi connectivity index (χ1n) is 7.68. The number of likely N-dealkylation sites (N-methyl/N-ethyl adjacent to an activating group) is 2. The molecule has 0 radical (unpaired) electrons. The molecule has 23 heavy (non-hydrogen) atoms. The topological polar surface area (TPSA) is 23.6 Å². The fourth-order valence-corrected chi connectivity index (χ4v) is 2.65. The first-order chi connectivity index (χ1) is 11.0. The molecular weight excluding hydrogens is 308 g/mol. The Morgan fingerprint density at radius 1 is 0.957 bits per heavy atom. The van der Waals surface area contributed by atoms with Crippen molar-refractivity contribution in [2.45, 2.75) is 20.0 Å².